The van der Waals surface area contributed by atoms with Gasteiger partial charge in [-0.3, -0.25) is 0 Å². The fourth-order valence-corrected chi connectivity index (χ4v) is 3.28. The van der Waals surface area contributed by atoms with Crippen LogP contribution in [0.15, 0.2) is 106 Å². The van der Waals surface area contributed by atoms with Crippen LogP contribution in [0.2, 0.25) is 0 Å². The van der Waals surface area contributed by atoms with Crippen LogP contribution in [0.25, 0.3) is 12.2 Å². The molecule has 5 rings (SSSR count). The third-order valence-corrected chi connectivity index (χ3v) is 4.80. The molecule has 2 aliphatic heterocycles. The van der Waals surface area contributed by atoms with E-state index < -0.39 is 11.9 Å². The van der Waals surface area contributed by atoms with Crippen molar-refractivity contribution >= 4 is 35.9 Å². The Hall–Kier alpha value is -4.58. The summed E-state index contributed by atoms with van der Waals surface area (Å²) < 4.78 is 10.6. The number of benzene rings is 3. The van der Waals surface area contributed by atoms with E-state index in [-0.39, 0.29) is 23.2 Å². The Bertz CT molecular complexity index is 1240. The van der Waals surface area contributed by atoms with Crippen LogP contribution in [0, 0.1) is 0 Å². The van der Waals surface area contributed by atoms with Gasteiger partial charge in [0.15, 0.2) is 11.4 Å². The molecule has 0 unspecified atom stereocenters. The van der Waals surface area contributed by atoms with Crippen LogP contribution < -0.4 is 0 Å². The minimum Gasteiger partial charge on any atom is -0.402 e. The summed E-state index contributed by atoms with van der Waals surface area (Å²) in [5.74, 6) is -0.471. The minimum atomic E-state index is -0.510. The standard InChI is InChI=1S/C26H16N2O4/c29-25-21(27-23(31-25)19-10-3-1-4-11-19)15-17-8-7-9-18(14-17)16-22-26(30)32-24(28-22)20-12-5-2-6-13-20/h1-16H. The first-order valence-electron chi connectivity index (χ1n) is 9.92. The van der Waals surface area contributed by atoms with Crippen LogP contribution in [-0.4, -0.2) is 23.7 Å². The third kappa shape index (κ3) is 4.02. The zero-order valence-electron chi connectivity index (χ0n) is 16.8. The van der Waals surface area contributed by atoms with Crippen LogP contribution in [0.3, 0.4) is 0 Å². The lowest BCUT2D eigenvalue weighted by atomic mass is 10.1. The number of hydrogen-bond donors (Lipinski definition) is 0. The van der Waals surface area contributed by atoms with Gasteiger partial charge in [0.2, 0.25) is 11.8 Å². The molecule has 2 aliphatic rings. The smallest absolute Gasteiger partial charge is 0.363 e. The zero-order valence-corrected chi connectivity index (χ0v) is 16.8. The molecule has 0 atom stereocenters. The van der Waals surface area contributed by atoms with Crippen molar-refractivity contribution in [3.63, 3.8) is 0 Å². The molecule has 32 heavy (non-hydrogen) atoms. The van der Waals surface area contributed by atoms with E-state index in [4.69, 9.17) is 9.47 Å². The van der Waals surface area contributed by atoms with Crippen LogP contribution in [-0.2, 0) is 19.1 Å². The summed E-state index contributed by atoms with van der Waals surface area (Å²) in [5.41, 5.74) is 3.35. The number of esters is 2. The molecule has 0 aliphatic carbocycles. The fourth-order valence-electron chi connectivity index (χ4n) is 3.28. The van der Waals surface area contributed by atoms with Crippen molar-refractivity contribution in [3.8, 4) is 0 Å². The van der Waals surface area contributed by atoms with Gasteiger partial charge in [-0.15, -0.1) is 0 Å². The lowest BCUT2D eigenvalue weighted by Gasteiger charge is -1.98. The summed E-state index contributed by atoms with van der Waals surface area (Å²) in [6.07, 6.45) is 3.29. The average molecular weight is 420 g/mol. The summed E-state index contributed by atoms with van der Waals surface area (Å²) in [7, 11) is 0. The molecular formula is C26H16N2O4. The van der Waals surface area contributed by atoms with E-state index in [9.17, 15) is 9.59 Å². The summed E-state index contributed by atoms with van der Waals surface area (Å²) in [6.45, 7) is 0. The molecule has 2 heterocycles. The first-order chi connectivity index (χ1) is 15.7. The largest absolute Gasteiger partial charge is 0.402 e. The number of ether oxygens (including phenoxy) is 2. The van der Waals surface area contributed by atoms with Crippen molar-refractivity contribution in [2.45, 2.75) is 0 Å². The molecule has 3 aromatic rings. The van der Waals surface area contributed by atoms with E-state index in [0.717, 1.165) is 22.3 Å². The fraction of sp³-hybridized carbons (Fsp3) is 0. The molecule has 0 amide bonds. The van der Waals surface area contributed by atoms with E-state index in [1.807, 2.05) is 84.9 Å². The maximum absolute atomic E-state index is 12.2. The van der Waals surface area contributed by atoms with Gasteiger partial charge in [-0.1, -0.05) is 54.6 Å². The monoisotopic (exact) mass is 420 g/mol. The minimum absolute atomic E-state index is 0.207. The molecule has 3 aromatic carbocycles. The second-order valence-electron chi connectivity index (χ2n) is 7.07. The Morgan fingerprint density at radius 2 is 1.00 bits per heavy atom. The van der Waals surface area contributed by atoms with Crippen LogP contribution in [0.1, 0.15) is 22.3 Å². The molecule has 0 N–H and O–H groups in total. The molecule has 6 heteroatoms. The summed E-state index contributed by atoms with van der Waals surface area (Å²) in [4.78, 5) is 33.1. The van der Waals surface area contributed by atoms with Crippen molar-refractivity contribution in [1.82, 2.24) is 0 Å². The SMILES string of the molecule is O=C1OC(c2ccccc2)=NC1=Cc1cccc(C=C2N=C(c3ccccc3)OC2=O)c1. The number of carbonyl (C=O) groups is 2. The van der Waals surface area contributed by atoms with Gasteiger partial charge in [0.25, 0.3) is 0 Å². The second kappa shape index (κ2) is 8.28. The highest BCUT2D eigenvalue weighted by Crippen LogP contribution is 2.22. The molecule has 0 bridgehead atoms. The van der Waals surface area contributed by atoms with Gasteiger partial charge in [-0.2, -0.15) is 0 Å². The quantitative estimate of drug-likeness (QED) is 0.464. The first kappa shape index (κ1) is 19.4. The van der Waals surface area contributed by atoms with Gasteiger partial charge in [0.05, 0.1) is 0 Å². The van der Waals surface area contributed by atoms with E-state index in [2.05, 4.69) is 9.98 Å². The van der Waals surface area contributed by atoms with Gasteiger partial charge >= 0.3 is 11.9 Å². The molecule has 0 fully saturated rings. The first-order valence-corrected chi connectivity index (χ1v) is 9.92. The molecule has 0 spiro atoms. The van der Waals surface area contributed by atoms with E-state index in [1.54, 1.807) is 12.2 Å². The van der Waals surface area contributed by atoms with E-state index in [0.29, 0.717) is 0 Å². The lowest BCUT2D eigenvalue weighted by molar-refractivity contribution is -0.130. The number of aliphatic imine (C=N–C) groups is 2. The molecule has 0 aromatic heterocycles. The average Bonchev–Trinajstić information content (AvgIpc) is 3.37. The van der Waals surface area contributed by atoms with Crippen LogP contribution in [0.5, 0.6) is 0 Å². The lowest BCUT2D eigenvalue weighted by Crippen LogP contribution is -2.05. The highest BCUT2D eigenvalue weighted by atomic mass is 16.6. The molecule has 0 saturated heterocycles. The van der Waals surface area contributed by atoms with Crippen molar-refractivity contribution < 1.29 is 19.1 Å². The predicted molar refractivity (Wildman–Crippen MR) is 121 cm³/mol. The van der Waals surface area contributed by atoms with E-state index in [1.165, 1.54) is 0 Å². The second-order valence-corrected chi connectivity index (χ2v) is 7.07. The van der Waals surface area contributed by atoms with Crippen molar-refractivity contribution in [3.05, 3.63) is 119 Å². The molecular weight excluding hydrogens is 404 g/mol. The van der Waals surface area contributed by atoms with Gasteiger partial charge in [0.1, 0.15) is 0 Å². The third-order valence-electron chi connectivity index (χ3n) is 4.80. The molecule has 6 nitrogen and oxygen atoms in total. The van der Waals surface area contributed by atoms with Crippen LogP contribution in [0.4, 0.5) is 0 Å². The van der Waals surface area contributed by atoms with Crippen LogP contribution >= 0.6 is 0 Å². The highest BCUT2D eigenvalue weighted by Gasteiger charge is 2.25. The van der Waals surface area contributed by atoms with Crippen molar-refractivity contribution in [1.29, 1.82) is 0 Å². The Kier molecular flexibility index (Phi) is 5.01. The maximum atomic E-state index is 12.2. The Balaban J connectivity index is 1.42. The number of hydrogen-bond acceptors (Lipinski definition) is 6. The van der Waals surface area contributed by atoms with Crippen molar-refractivity contribution in [2.75, 3.05) is 0 Å². The number of cyclic esters (lactones) is 2. The molecule has 154 valence electrons. The topological polar surface area (TPSA) is 77.3 Å². The summed E-state index contributed by atoms with van der Waals surface area (Å²) in [6, 6.07) is 25.8. The summed E-state index contributed by atoms with van der Waals surface area (Å²) >= 11 is 0. The number of carbonyl (C=O) groups excluding carboxylic acids is 2. The van der Waals surface area contributed by atoms with Gasteiger partial charge < -0.3 is 9.47 Å². The molecule has 0 radical (unpaired) electrons. The maximum Gasteiger partial charge on any atom is 0.363 e. The zero-order chi connectivity index (χ0) is 21.9. The Labute approximate surface area is 183 Å². The normalized spacial score (nSPS) is 17.9. The highest BCUT2D eigenvalue weighted by molar-refractivity contribution is 6.13. The van der Waals surface area contributed by atoms with Gasteiger partial charge in [-0.25, -0.2) is 19.6 Å². The van der Waals surface area contributed by atoms with Gasteiger partial charge in [0, 0.05) is 11.1 Å². The number of rotatable bonds is 4. The Morgan fingerprint density at radius 1 is 0.562 bits per heavy atom. The predicted octanol–water partition coefficient (Wildman–Crippen LogP) is 4.38. The molecule has 0 saturated carbocycles. The van der Waals surface area contributed by atoms with E-state index >= 15 is 0 Å². The van der Waals surface area contributed by atoms with Crippen molar-refractivity contribution in [2.24, 2.45) is 9.98 Å². The number of nitrogens with zero attached hydrogens (tertiary/aromatic N) is 2. The Morgan fingerprint density at radius 3 is 1.44 bits per heavy atom. The summed E-state index contributed by atoms with van der Waals surface area (Å²) in [5, 5.41) is 0. The van der Waals surface area contributed by atoms with Gasteiger partial charge in [-0.05, 0) is 53.6 Å².